The van der Waals surface area contributed by atoms with E-state index in [1.165, 1.54) is 43.6 Å². The summed E-state index contributed by atoms with van der Waals surface area (Å²) in [6, 6.07) is 7.90. The molecule has 2 aliphatic carbocycles. The first-order chi connectivity index (χ1) is 53.9. The highest BCUT2D eigenvalue weighted by atomic mass is 33.1. The zero-order chi connectivity index (χ0) is 97.5. The minimum absolute atomic E-state index is 0.00512. The first-order valence-electron chi connectivity index (χ1n) is 42.9. The predicted molar refractivity (Wildman–Crippen MR) is 507 cm³/mol. The molecule has 27 heteroatoms. The topological polar surface area (TPSA) is 401 Å². The number of primary amides is 1. The van der Waals surface area contributed by atoms with Crippen LogP contribution in [-0.2, 0) is 89.7 Å². The van der Waals surface area contributed by atoms with Crippen LogP contribution < -0.4 is 38.9 Å². The van der Waals surface area contributed by atoms with E-state index in [2.05, 4.69) is 40.2 Å². The Balaban J connectivity index is -0.000000241. The van der Waals surface area contributed by atoms with Crippen LogP contribution >= 0.6 is 21.6 Å². The third-order valence-corrected chi connectivity index (χ3v) is 22.4. The lowest BCUT2D eigenvalue weighted by Gasteiger charge is -2.31. The monoisotopic (exact) mass is 1770 g/mol. The molecular formula is C94H180N8O16S3. The maximum Gasteiger partial charge on any atom is 0.307 e. The number of nitrogens with zero attached hydrogens (tertiary/aromatic N) is 1. The van der Waals surface area contributed by atoms with Crippen molar-refractivity contribution in [1.29, 1.82) is 0 Å². The molecule has 2 fully saturated rings. The van der Waals surface area contributed by atoms with Crippen molar-refractivity contribution >= 4 is 102 Å². The zero-order valence-electron chi connectivity index (χ0n) is 83.9. The molecule has 1 aliphatic heterocycles. The summed E-state index contributed by atoms with van der Waals surface area (Å²) >= 11 is 0. The van der Waals surface area contributed by atoms with E-state index < -0.39 is 54.5 Å². The molecule has 0 radical (unpaired) electrons. The number of ketones is 7. The maximum atomic E-state index is 12.2. The number of hydrogen-bond donors (Lipinski definition) is 7. The number of rotatable bonds is 20. The minimum Gasteiger partial charge on any atom is -0.460 e. The number of Topliss-reactive ketones (excluding diaryl/α,β-unsaturated/α-hetero) is 7. The molecule has 0 unspecified atom stereocenters. The molecule has 710 valence electrons. The number of nitrogens with two attached hydrogens (primary N) is 4. The summed E-state index contributed by atoms with van der Waals surface area (Å²) in [5, 5.41) is 8.40. The lowest BCUT2D eigenvalue weighted by atomic mass is 9.74. The molecule has 3 amide bonds. The molecule has 4 atom stereocenters. The van der Waals surface area contributed by atoms with E-state index in [4.69, 9.17) is 32.4 Å². The fraction of sp³-hybridized carbons (Fsp3) is 0.809. The first kappa shape index (κ1) is 129. The lowest BCUT2D eigenvalue weighted by molar-refractivity contribution is -0.158. The molecule has 24 nitrogen and oxygen atoms in total. The third kappa shape index (κ3) is 72.6. The van der Waals surface area contributed by atoms with Crippen LogP contribution in [0.2, 0.25) is 0 Å². The number of carbonyl (C=O) groups is 12. The average molecular weight is 1770 g/mol. The molecule has 3 aliphatic rings. The van der Waals surface area contributed by atoms with Crippen molar-refractivity contribution in [3.05, 3.63) is 35.4 Å². The molecule has 0 aromatic heterocycles. The fourth-order valence-corrected chi connectivity index (χ4v) is 11.8. The second-order valence-electron chi connectivity index (χ2n) is 42.8. The molecule has 1 aromatic rings. The van der Waals surface area contributed by atoms with Gasteiger partial charge >= 0.3 is 11.9 Å². The highest BCUT2D eigenvalue weighted by Gasteiger charge is 2.36. The van der Waals surface area contributed by atoms with Crippen LogP contribution in [-0.4, -0.2) is 184 Å². The molecule has 1 heterocycles. The number of carbonyl (C=O) groups excluding carboxylic acids is 12. The van der Waals surface area contributed by atoms with E-state index in [1.807, 2.05) is 192 Å². The minimum atomic E-state index is -2.84. The number of fused-ring (bicyclic) bond motifs is 1. The van der Waals surface area contributed by atoms with E-state index >= 15 is 0 Å². The van der Waals surface area contributed by atoms with Crippen molar-refractivity contribution in [2.75, 3.05) is 72.1 Å². The van der Waals surface area contributed by atoms with Crippen LogP contribution in [0, 0.1) is 61.1 Å². The number of aryl methyl sites for hydroxylation is 1. The summed E-state index contributed by atoms with van der Waals surface area (Å²) in [6.45, 7) is 67.5. The van der Waals surface area contributed by atoms with E-state index in [0.29, 0.717) is 49.2 Å². The van der Waals surface area contributed by atoms with E-state index in [-0.39, 0.29) is 111 Å². The second kappa shape index (κ2) is 59.6. The first-order valence-corrected chi connectivity index (χ1v) is 47.3. The molecule has 11 N–H and O–H groups in total. The molecular weight excluding hydrogens is 1590 g/mol. The molecule has 1 saturated heterocycles. The molecule has 0 bridgehead atoms. The number of sulfone groups is 1. The molecule has 1 aromatic carbocycles. The Kier molecular flexibility index (Phi) is 63.5. The standard InChI is InChI=1S/C15H20O.C13H25NO3.C12H23NO3S2.C11H20O.C8H16N2O2.C8H15NO.C7H15NO.C6H13NO.C6H12O.C5H12O2S.C3H9N/c1-15(2,3)14(16)13-9-8-11-6-4-5-7-12(11)10-13;1-12(2,3)11(16)9(8-14)7-10(15)17-13(4,5)6;1-10(14)13-7-9-18-17-8-5-6-11(15)16-12(2,3)4;1-11(2,3)10(12)9-7-5-4-6-8-9;1-8(2,3)7(12)5(9)4-6(10)11;1-8(2,3)7(10)6-4-5-9-6;1-7(2,3)6(9)4-5-8;1-6(2,3)5(8)7-4;1-5(7)6(2,3)4;1-5(2,3)8(4,6)7;1-4(2)3/h4-7,13H,8-10H2,1-3H3;9H,7-8,14H2,1-6H3;5-9H2,1-4H3,(H,13,14);9H,4-8H2,1-3H3;5H,4,9H2,1-3H3,(H2,10,11);6,9H,4-5H2,1-3H3;4-5,8H2,1-3H3;1-4H3,(H,7,8);1-4H3;1-4H3;1-3H3/t13-;9-;;;5-;6-;;;;;/m10..00...../s1. The van der Waals surface area contributed by atoms with Gasteiger partial charge in [0.2, 0.25) is 17.7 Å². The predicted octanol–water partition coefficient (Wildman–Crippen LogP) is 16.2. The Morgan fingerprint density at radius 1 is 0.529 bits per heavy atom. The van der Waals surface area contributed by atoms with Crippen molar-refractivity contribution < 1.29 is 75.4 Å². The van der Waals surface area contributed by atoms with Gasteiger partial charge in [-0.15, -0.1) is 0 Å². The summed E-state index contributed by atoms with van der Waals surface area (Å²) < 4.78 is 31.1. The Labute approximate surface area is 745 Å². The van der Waals surface area contributed by atoms with Crippen LogP contribution in [0.1, 0.15) is 331 Å². The third-order valence-electron chi connectivity index (χ3n) is 17.7. The Bertz CT molecular complexity index is 3340. The summed E-state index contributed by atoms with van der Waals surface area (Å²) in [5.74, 6) is 2.59. The normalized spacial score (nSPS) is 15.4. The van der Waals surface area contributed by atoms with Gasteiger partial charge in [0.25, 0.3) is 0 Å². The Morgan fingerprint density at radius 2 is 0.926 bits per heavy atom. The summed E-state index contributed by atoms with van der Waals surface area (Å²) in [5.41, 5.74) is 20.9. The average Bonchev–Trinajstić information content (AvgIpc) is 0.902. The largest absolute Gasteiger partial charge is 0.460 e. The number of esters is 2. The van der Waals surface area contributed by atoms with Crippen molar-refractivity contribution in [3.8, 4) is 0 Å². The van der Waals surface area contributed by atoms with E-state index in [0.717, 1.165) is 63.0 Å². The van der Waals surface area contributed by atoms with Crippen molar-refractivity contribution in [2.24, 2.45) is 84.0 Å². The van der Waals surface area contributed by atoms with Crippen molar-refractivity contribution in [3.63, 3.8) is 0 Å². The molecule has 1 saturated carbocycles. The highest BCUT2D eigenvalue weighted by molar-refractivity contribution is 8.76. The van der Waals surface area contributed by atoms with Gasteiger partial charge in [0.1, 0.15) is 40.1 Å². The van der Waals surface area contributed by atoms with Crippen LogP contribution in [0.3, 0.4) is 0 Å². The van der Waals surface area contributed by atoms with Crippen LogP contribution in [0.25, 0.3) is 0 Å². The van der Waals surface area contributed by atoms with Crippen molar-refractivity contribution in [2.45, 2.75) is 360 Å². The SMILES string of the molecule is CC(=O)C(C)(C)C.CC(=O)NCCSSCCCC(=O)OC(C)(C)C.CC(C)(C)C(=O)C1CCCCC1.CC(C)(C)C(=O)CCN.CC(C)(C)C(=O)[C@@H](N)CC(N)=O.CC(C)(C)C(=O)[C@@H]1CCN1.CC(C)(C)C(=O)[C@@H]1CCc2ccccc2C1.CC(C)(C)OC(=O)C[C@@H](CN)C(=O)C(C)(C)C.CC(C)(C)S(C)(=O)=O.CN(C)C.CNC(=O)C(C)(C)C. The molecule has 0 spiro atoms. The van der Waals surface area contributed by atoms with Gasteiger partial charge in [-0.05, 0) is 160 Å². The lowest BCUT2D eigenvalue weighted by Crippen LogP contribution is -2.52. The van der Waals surface area contributed by atoms with Gasteiger partial charge < -0.3 is 53.3 Å². The van der Waals surface area contributed by atoms with Gasteiger partial charge in [-0.25, -0.2) is 8.42 Å². The smallest absolute Gasteiger partial charge is 0.307 e. The number of nitrogens with one attached hydrogen (secondary N) is 3. The van der Waals surface area contributed by atoms with Gasteiger partial charge in [0, 0.05) is 125 Å². The fourth-order valence-electron chi connectivity index (χ4n) is 9.83. The zero-order valence-corrected chi connectivity index (χ0v) is 86.3. The number of benzene rings is 1. The Hall–Kier alpha value is -5.29. The quantitative estimate of drug-likeness (QED) is 0.0362. The highest BCUT2D eigenvalue weighted by Crippen LogP contribution is 2.33. The van der Waals surface area contributed by atoms with Crippen molar-refractivity contribution in [1.82, 2.24) is 20.9 Å². The van der Waals surface area contributed by atoms with Gasteiger partial charge in [0.15, 0.2) is 21.4 Å². The van der Waals surface area contributed by atoms with Gasteiger partial charge in [0.05, 0.1) is 23.3 Å². The molecule has 121 heavy (non-hydrogen) atoms. The maximum absolute atomic E-state index is 12.2. The van der Waals surface area contributed by atoms with Crippen LogP contribution in [0.4, 0.5) is 0 Å². The number of hydrogen-bond acceptors (Lipinski definition) is 23. The van der Waals surface area contributed by atoms with Crippen LogP contribution in [0.5, 0.6) is 0 Å². The molecule has 4 rings (SSSR count). The summed E-state index contributed by atoms with van der Waals surface area (Å²) in [7, 11) is 8.24. The summed E-state index contributed by atoms with van der Waals surface area (Å²) in [4.78, 5) is 137. The van der Waals surface area contributed by atoms with E-state index in [1.54, 1.807) is 97.9 Å². The van der Waals surface area contributed by atoms with Gasteiger partial charge in [-0.2, -0.15) is 0 Å². The van der Waals surface area contributed by atoms with Gasteiger partial charge in [-0.3, -0.25) is 57.5 Å². The number of amides is 3. The van der Waals surface area contributed by atoms with Gasteiger partial charge in [-0.1, -0.05) is 231 Å². The van der Waals surface area contributed by atoms with E-state index in [9.17, 15) is 66.0 Å². The number of ether oxygens (including phenoxy) is 2. The summed E-state index contributed by atoms with van der Waals surface area (Å²) in [6.07, 6.45) is 13.2. The Morgan fingerprint density at radius 3 is 1.21 bits per heavy atom. The van der Waals surface area contributed by atoms with Crippen LogP contribution in [0.15, 0.2) is 24.3 Å². The second-order valence-corrected chi connectivity index (χ2v) is 48.3.